The zero-order valence-electron chi connectivity index (χ0n) is 35.6. The first-order valence-corrected chi connectivity index (χ1v) is 21.9. The fraction of sp³-hybridized carbons (Fsp3) is 0.356. The lowest BCUT2D eigenvalue weighted by molar-refractivity contribution is -0.139. The van der Waals surface area contributed by atoms with E-state index in [-0.39, 0.29) is 80.8 Å². The molecule has 0 saturated carbocycles. The van der Waals surface area contributed by atoms with Gasteiger partial charge in [0.05, 0.1) is 26.7 Å². The molecule has 4 aliphatic rings. The number of nitrogens with two attached hydrogens (primary N) is 2. The summed E-state index contributed by atoms with van der Waals surface area (Å²) in [6.07, 6.45) is 3.70. The number of allylic oxidation sites excluding steroid dienone is 1. The maximum atomic E-state index is 14.1. The Hall–Kier alpha value is -6.66. The van der Waals surface area contributed by atoms with Gasteiger partial charge < -0.3 is 42.0 Å². The molecule has 65 heavy (non-hydrogen) atoms. The first kappa shape index (κ1) is 46.3. The van der Waals surface area contributed by atoms with E-state index in [1.165, 1.54) is 12.1 Å². The largest absolute Gasteiger partial charge is 0.462 e. The van der Waals surface area contributed by atoms with Crippen LogP contribution < -0.4 is 32.7 Å². The molecule has 8 N–H and O–H groups in total. The highest BCUT2D eigenvalue weighted by molar-refractivity contribution is 6.36. The Balaban J connectivity index is 0.827. The van der Waals surface area contributed by atoms with E-state index in [0.29, 0.717) is 49.4 Å². The van der Waals surface area contributed by atoms with Crippen molar-refractivity contribution in [3.63, 3.8) is 0 Å². The minimum Gasteiger partial charge on any atom is -0.462 e. The second-order valence-corrected chi connectivity index (χ2v) is 17.1. The van der Waals surface area contributed by atoms with Crippen LogP contribution in [0.4, 0.5) is 15.8 Å². The quantitative estimate of drug-likeness (QED) is 0.0549. The number of fused-ring (bicyclic) bond motifs is 1. The molecule has 2 fully saturated rings. The third-order valence-electron chi connectivity index (χ3n) is 11.7. The van der Waals surface area contributed by atoms with E-state index in [0.717, 1.165) is 30.2 Å². The molecule has 0 aromatic heterocycles. The van der Waals surface area contributed by atoms with Crippen LogP contribution in [0.2, 0.25) is 10.0 Å². The number of nitrogens with zero attached hydrogens (tertiary/aromatic N) is 3. The van der Waals surface area contributed by atoms with E-state index in [2.05, 4.69) is 21.3 Å². The summed E-state index contributed by atoms with van der Waals surface area (Å²) >= 11 is 12.3. The van der Waals surface area contributed by atoms with Crippen LogP contribution in [0.25, 0.3) is 0 Å². The Morgan fingerprint density at radius 3 is 2.35 bits per heavy atom. The van der Waals surface area contributed by atoms with Gasteiger partial charge in [-0.3, -0.25) is 43.8 Å². The minimum absolute atomic E-state index is 0.0159. The maximum absolute atomic E-state index is 14.1. The number of amides is 7. The van der Waals surface area contributed by atoms with Crippen molar-refractivity contribution in [3.8, 4) is 0 Å². The molecule has 17 nitrogen and oxygen atoms in total. The highest BCUT2D eigenvalue weighted by Crippen LogP contribution is 2.37. The molecule has 7 rings (SSSR count). The normalized spacial score (nSPS) is 20.9. The first-order chi connectivity index (χ1) is 31.0. The standard InChI is InChI=1S/C45H48Cl2FN9O8/c1-23-21-55(43(62)25-11-13-26(14-12-25)52-40(60)30(49)20-33-39(50)54-42(65-33)37-28(46)15-16-29(48)38(37)47)22-24(2)56(23)35(59)10-5-3-4-6-19-51-31-9-7-8-27-36(31)45(64)57(44(27)63)32-17-18-34(58)53-41(32)61/h7-9,11-16,20,23-24,32,42,51,54H,3-6,10,17-19,21-22,49-50H2,1-2H3,(H,52,60)(H,53,58,61)/b30-20-/t23-,24+,32?,42-/m0/s1. The van der Waals surface area contributed by atoms with Gasteiger partial charge in [0, 0.05) is 67.6 Å². The average molecular weight is 933 g/mol. The molecule has 0 radical (unpaired) electrons. The van der Waals surface area contributed by atoms with E-state index in [1.807, 2.05) is 18.7 Å². The predicted molar refractivity (Wildman–Crippen MR) is 238 cm³/mol. The van der Waals surface area contributed by atoms with Crippen LogP contribution in [0.1, 0.15) is 102 Å². The zero-order valence-corrected chi connectivity index (χ0v) is 37.1. The molecule has 3 aromatic rings. The van der Waals surface area contributed by atoms with Crippen LogP contribution >= 0.6 is 23.2 Å². The van der Waals surface area contributed by atoms with Gasteiger partial charge in [-0.2, -0.15) is 0 Å². The van der Waals surface area contributed by atoms with Gasteiger partial charge in [-0.1, -0.05) is 42.1 Å². The number of piperazine rings is 1. The number of imide groups is 2. The van der Waals surface area contributed by atoms with E-state index in [4.69, 9.17) is 39.4 Å². The number of benzene rings is 3. The summed E-state index contributed by atoms with van der Waals surface area (Å²) in [5.74, 6) is -3.75. The van der Waals surface area contributed by atoms with Gasteiger partial charge in [-0.25, -0.2) is 4.39 Å². The van der Waals surface area contributed by atoms with Crippen LogP contribution in [0, 0.1) is 5.82 Å². The van der Waals surface area contributed by atoms with Crippen molar-refractivity contribution in [2.24, 2.45) is 11.5 Å². The maximum Gasteiger partial charge on any atom is 0.271 e. The lowest BCUT2D eigenvalue weighted by Crippen LogP contribution is -2.59. The Kier molecular flexibility index (Phi) is 14.0. The highest BCUT2D eigenvalue weighted by Gasteiger charge is 2.45. The number of carbonyl (C=O) groups is 7. The lowest BCUT2D eigenvalue weighted by atomic mass is 10.0. The van der Waals surface area contributed by atoms with E-state index >= 15 is 0 Å². The van der Waals surface area contributed by atoms with Gasteiger partial charge in [0.2, 0.25) is 23.9 Å². The van der Waals surface area contributed by atoms with Gasteiger partial charge in [0.25, 0.3) is 23.6 Å². The van der Waals surface area contributed by atoms with E-state index in [1.54, 1.807) is 47.4 Å². The number of rotatable bonds is 14. The number of hydrogen-bond acceptors (Lipinski definition) is 12. The van der Waals surface area contributed by atoms with Gasteiger partial charge in [0.15, 0.2) is 5.76 Å². The Labute approximate surface area is 383 Å². The smallest absolute Gasteiger partial charge is 0.271 e. The number of anilines is 2. The van der Waals surface area contributed by atoms with Crippen LogP contribution in [0.5, 0.6) is 0 Å². The third kappa shape index (κ3) is 9.88. The van der Waals surface area contributed by atoms with Crippen LogP contribution in [0.15, 0.2) is 78.0 Å². The number of carbonyl (C=O) groups excluding carboxylic acids is 7. The minimum atomic E-state index is -1.04. The monoisotopic (exact) mass is 931 g/mol. The molecule has 0 spiro atoms. The van der Waals surface area contributed by atoms with Crippen molar-refractivity contribution < 1.29 is 42.7 Å². The molecule has 4 aliphatic heterocycles. The molecule has 1 unspecified atom stereocenters. The Bertz CT molecular complexity index is 2510. The number of piperidine rings is 1. The highest BCUT2D eigenvalue weighted by atomic mass is 35.5. The predicted octanol–water partition coefficient (Wildman–Crippen LogP) is 4.89. The fourth-order valence-electron chi connectivity index (χ4n) is 8.50. The van der Waals surface area contributed by atoms with Gasteiger partial charge in [-0.05, 0) is 81.6 Å². The molecule has 20 heteroatoms. The number of unbranched alkanes of at least 4 members (excludes halogenated alkanes) is 3. The SMILES string of the molecule is C[C@@H]1CN(C(=O)c2ccc(NC(=O)/C(N)=C/C3=C(N)N[C@H](c4c(Cl)ccc(F)c4Cl)O3)cc2)C[C@H](C)N1C(=O)CCCCCCNc1cccc2c1C(=O)N(C1CCC(=O)NC1=O)C2=O. The Morgan fingerprint density at radius 2 is 1.65 bits per heavy atom. The van der Waals surface area contributed by atoms with Crippen LogP contribution in [-0.2, 0) is 23.9 Å². The second-order valence-electron chi connectivity index (χ2n) is 16.3. The van der Waals surface area contributed by atoms with E-state index < -0.39 is 47.6 Å². The topological polar surface area (TPSA) is 239 Å². The summed E-state index contributed by atoms with van der Waals surface area (Å²) in [6, 6.07) is 12.2. The molecule has 3 aromatic carbocycles. The summed E-state index contributed by atoms with van der Waals surface area (Å²) < 4.78 is 19.8. The van der Waals surface area contributed by atoms with Crippen molar-refractivity contribution >= 4 is 75.9 Å². The van der Waals surface area contributed by atoms with Gasteiger partial charge in [-0.15, -0.1) is 0 Å². The van der Waals surface area contributed by atoms with E-state index in [9.17, 15) is 38.0 Å². The first-order valence-electron chi connectivity index (χ1n) is 21.2. The molecular weight excluding hydrogens is 884 g/mol. The second kappa shape index (κ2) is 19.6. The molecule has 0 aliphatic carbocycles. The van der Waals surface area contributed by atoms with Crippen molar-refractivity contribution in [3.05, 3.63) is 116 Å². The fourth-order valence-corrected chi connectivity index (χ4v) is 9.07. The van der Waals surface area contributed by atoms with Crippen molar-refractivity contribution in [1.82, 2.24) is 25.3 Å². The van der Waals surface area contributed by atoms with Gasteiger partial charge in [0.1, 0.15) is 23.4 Å². The summed E-state index contributed by atoms with van der Waals surface area (Å²) in [5, 5.41) is 10.8. The summed E-state index contributed by atoms with van der Waals surface area (Å²) in [7, 11) is 0. The summed E-state index contributed by atoms with van der Waals surface area (Å²) in [4.78, 5) is 94.9. The third-order valence-corrected chi connectivity index (χ3v) is 12.4. The number of ether oxygens (including phenoxy) is 1. The Morgan fingerprint density at radius 1 is 0.938 bits per heavy atom. The molecule has 7 amide bonds. The van der Waals surface area contributed by atoms with Crippen molar-refractivity contribution in [2.75, 3.05) is 30.3 Å². The lowest BCUT2D eigenvalue weighted by Gasteiger charge is -2.44. The summed E-state index contributed by atoms with van der Waals surface area (Å²) in [6.45, 7) is 5.05. The van der Waals surface area contributed by atoms with Crippen LogP contribution in [-0.4, -0.2) is 93.8 Å². The molecule has 0 bridgehead atoms. The average Bonchev–Trinajstić information content (AvgIpc) is 3.75. The summed E-state index contributed by atoms with van der Waals surface area (Å²) in [5.41, 5.74) is 13.6. The molecule has 4 heterocycles. The van der Waals surface area contributed by atoms with Crippen molar-refractivity contribution in [2.45, 2.75) is 83.1 Å². The van der Waals surface area contributed by atoms with Crippen LogP contribution in [0.3, 0.4) is 0 Å². The number of hydrogen-bond donors (Lipinski definition) is 6. The number of halogens is 3. The van der Waals surface area contributed by atoms with Gasteiger partial charge >= 0.3 is 0 Å². The molecule has 342 valence electrons. The molecular formula is C45H48Cl2FN9O8. The molecule has 2 saturated heterocycles. The van der Waals surface area contributed by atoms with Crippen molar-refractivity contribution in [1.29, 1.82) is 0 Å². The molecule has 4 atom stereocenters. The zero-order chi connectivity index (χ0) is 46.7. The number of nitrogens with one attached hydrogen (secondary N) is 4.